The quantitative estimate of drug-likeness (QED) is 0.379. The van der Waals surface area contributed by atoms with Gasteiger partial charge in [-0.3, -0.25) is 4.79 Å². The summed E-state index contributed by atoms with van der Waals surface area (Å²) in [4.78, 5) is 11.9. The summed E-state index contributed by atoms with van der Waals surface area (Å²) >= 11 is 0. The van der Waals surface area contributed by atoms with Crippen molar-refractivity contribution in [3.05, 3.63) is 41.6 Å². The predicted octanol–water partition coefficient (Wildman–Crippen LogP) is 1.65. The van der Waals surface area contributed by atoms with Gasteiger partial charge in [-0.1, -0.05) is 6.07 Å². The molecular weight excluding hydrogens is 327 g/mol. The zero-order chi connectivity index (χ0) is 18.0. The van der Waals surface area contributed by atoms with E-state index in [1.807, 2.05) is 0 Å². The van der Waals surface area contributed by atoms with E-state index in [0.717, 1.165) is 24.4 Å². The Hall–Kier alpha value is -2.57. The lowest BCUT2D eigenvalue weighted by atomic mass is 10.2. The van der Waals surface area contributed by atoms with Gasteiger partial charge in [0.05, 0.1) is 25.4 Å². The van der Waals surface area contributed by atoms with E-state index in [1.54, 1.807) is 6.07 Å². The maximum atomic E-state index is 12.6. The molecule has 0 aliphatic rings. The van der Waals surface area contributed by atoms with Crippen LogP contribution in [0.25, 0.3) is 0 Å². The van der Waals surface area contributed by atoms with Gasteiger partial charge in [-0.15, -0.1) is 0 Å². The summed E-state index contributed by atoms with van der Waals surface area (Å²) in [5, 5.41) is 22.3. The van der Waals surface area contributed by atoms with Crippen LogP contribution in [0.3, 0.4) is 0 Å². The molecule has 1 aromatic carbocycles. The Bertz CT molecular complexity index is 624. The summed E-state index contributed by atoms with van der Waals surface area (Å²) in [5.74, 6) is -0.833. The van der Waals surface area contributed by atoms with E-state index in [9.17, 15) is 18.0 Å². The smallest absolute Gasteiger partial charge is 0.394 e. The maximum absolute atomic E-state index is 12.6. The van der Waals surface area contributed by atoms with Crippen molar-refractivity contribution in [3.63, 3.8) is 0 Å². The van der Waals surface area contributed by atoms with E-state index in [2.05, 4.69) is 10.6 Å². The zero-order valence-electron chi connectivity index (χ0n) is 12.6. The van der Waals surface area contributed by atoms with Gasteiger partial charge in [-0.2, -0.15) is 18.4 Å². The van der Waals surface area contributed by atoms with E-state index >= 15 is 0 Å². The lowest BCUT2D eigenvalue weighted by Gasteiger charge is -2.09. The topological polar surface area (TPSA) is 94.4 Å². The second-order valence-electron chi connectivity index (χ2n) is 4.49. The number of carbonyl (C=O) groups excluding carboxylic acids is 1. The molecule has 0 aliphatic heterocycles. The molecular formula is C15H16F3N3O3. The lowest BCUT2D eigenvalue weighted by Crippen LogP contribution is -2.19. The number of amides is 1. The molecule has 0 radical (unpaired) electrons. The van der Waals surface area contributed by atoms with Crippen molar-refractivity contribution < 1.29 is 27.8 Å². The number of nitriles is 1. The van der Waals surface area contributed by atoms with Crippen molar-refractivity contribution in [1.82, 2.24) is 5.32 Å². The van der Waals surface area contributed by atoms with Crippen molar-refractivity contribution in [2.24, 2.45) is 0 Å². The molecule has 1 amide bonds. The van der Waals surface area contributed by atoms with E-state index in [-0.39, 0.29) is 31.1 Å². The van der Waals surface area contributed by atoms with Gasteiger partial charge in [0, 0.05) is 18.4 Å². The standard InChI is InChI=1S/C15H16F3N3O3/c16-15(17,18)12-2-1-3-13(8-12)21-14(23)11(9-19)10-20-4-6-24-7-5-22/h1-3,8,10,20,22H,4-7H2,(H,21,23)/b11-10-. The molecule has 1 rings (SSSR count). The minimum atomic E-state index is -4.52. The molecule has 0 heterocycles. The fourth-order valence-electron chi connectivity index (χ4n) is 1.59. The molecule has 130 valence electrons. The summed E-state index contributed by atoms with van der Waals surface area (Å²) in [6, 6.07) is 5.76. The third-order valence-electron chi connectivity index (χ3n) is 2.69. The number of aliphatic hydroxyl groups excluding tert-OH is 1. The molecule has 0 saturated carbocycles. The average Bonchev–Trinajstić information content (AvgIpc) is 2.53. The number of ether oxygens (including phenoxy) is 1. The molecule has 0 bridgehead atoms. The second kappa shape index (κ2) is 9.54. The van der Waals surface area contributed by atoms with Gasteiger partial charge in [-0.05, 0) is 18.2 Å². The lowest BCUT2D eigenvalue weighted by molar-refractivity contribution is -0.137. The number of benzene rings is 1. The Balaban J connectivity index is 2.63. The van der Waals surface area contributed by atoms with Crippen molar-refractivity contribution in [3.8, 4) is 6.07 Å². The number of halogens is 3. The van der Waals surface area contributed by atoms with E-state index in [4.69, 9.17) is 15.1 Å². The minimum Gasteiger partial charge on any atom is -0.394 e. The van der Waals surface area contributed by atoms with Crippen LogP contribution < -0.4 is 10.6 Å². The summed E-state index contributed by atoms with van der Waals surface area (Å²) < 4.78 is 42.8. The fourth-order valence-corrected chi connectivity index (χ4v) is 1.59. The first-order valence-electron chi connectivity index (χ1n) is 6.89. The van der Waals surface area contributed by atoms with E-state index in [0.29, 0.717) is 6.54 Å². The van der Waals surface area contributed by atoms with Crippen molar-refractivity contribution in [2.45, 2.75) is 6.18 Å². The number of anilines is 1. The van der Waals surface area contributed by atoms with E-state index in [1.165, 1.54) is 6.07 Å². The van der Waals surface area contributed by atoms with E-state index < -0.39 is 17.6 Å². The van der Waals surface area contributed by atoms with Crippen LogP contribution in [0.4, 0.5) is 18.9 Å². The Morgan fingerprint density at radius 3 is 2.75 bits per heavy atom. The third kappa shape index (κ3) is 6.68. The largest absolute Gasteiger partial charge is 0.416 e. The Kier molecular flexibility index (Phi) is 7.74. The van der Waals surface area contributed by atoms with Gasteiger partial charge in [-0.25, -0.2) is 0 Å². The molecule has 24 heavy (non-hydrogen) atoms. The van der Waals surface area contributed by atoms with Gasteiger partial charge in [0.15, 0.2) is 0 Å². The summed E-state index contributed by atoms with van der Waals surface area (Å²) in [7, 11) is 0. The van der Waals surface area contributed by atoms with Crippen molar-refractivity contribution in [2.75, 3.05) is 31.7 Å². The number of nitrogens with zero attached hydrogens (tertiary/aromatic N) is 1. The molecule has 0 atom stereocenters. The van der Waals surface area contributed by atoms with Crippen LogP contribution in [0, 0.1) is 11.3 Å². The summed E-state index contributed by atoms with van der Waals surface area (Å²) in [6.45, 7) is 0.609. The van der Waals surface area contributed by atoms with Crippen LogP contribution in [0.15, 0.2) is 36.0 Å². The highest BCUT2D eigenvalue weighted by Gasteiger charge is 2.30. The van der Waals surface area contributed by atoms with Crippen LogP contribution in [-0.4, -0.2) is 37.4 Å². The highest BCUT2D eigenvalue weighted by Crippen LogP contribution is 2.30. The van der Waals surface area contributed by atoms with Crippen molar-refractivity contribution >= 4 is 11.6 Å². The SMILES string of the molecule is N#C/C(=C/NCCOCCO)C(=O)Nc1cccc(C(F)(F)F)c1. The van der Waals surface area contributed by atoms with Gasteiger partial charge in [0.2, 0.25) is 0 Å². The van der Waals surface area contributed by atoms with Crippen LogP contribution in [0.1, 0.15) is 5.56 Å². The number of hydrogen-bond donors (Lipinski definition) is 3. The molecule has 0 fully saturated rings. The second-order valence-corrected chi connectivity index (χ2v) is 4.49. The summed E-state index contributed by atoms with van der Waals surface area (Å²) in [5.41, 5.74) is -1.27. The number of hydrogen-bond acceptors (Lipinski definition) is 5. The molecule has 1 aromatic rings. The van der Waals surface area contributed by atoms with Gasteiger partial charge >= 0.3 is 6.18 Å². The minimum absolute atomic E-state index is 0.0674. The Morgan fingerprint density at radius 1 is 1.38 bits per heavy atom. The molecule has 9 heteroatoms. The predicted molar refractivity (Wildman–Crippen MR) is 79.7 cm³/mol. The normalized spacial score (nSPS) is 11.7. The Morgan fingerprint density at radius 2 is 2.12 bits per heavy atom. The van der Waals surface area contributed by atoms with Gasteiger partial charge in [0.1, 0.15) is 11.6 Å². The zero-order valence-corrected chi connectivity index (χ0v) is 12.6. The fraction of sp³-hybridized carbons (Fsp3) is 0.333. The Labute approximate surface area is 136 Å². The first-order valence-corrected chi connectivity index (χ1v) is 6.89. The van der Waals surface area contributed by atoms with Crippen LogP contribution in [0.5, 0.6) is 0 Å². The molecule has 3 N–H and O–H groups in total. The van der Waals surface area contributed by atoms with Crippen LogP contribution >= 0.6 is 0 Å². The number of nitrogens with one attached hydrogen (secondary N) is 2. The molecule has 0 spiro atoms. The number of alkyl halides is 3. The average molecular weight is 343 g/mol. The van der Waals surface area contributed by atoms with Crippen molar-refractivity contribution in [1.29, 1.82) is 5.26 Å². The summed E-state index contributed by atoms with van der Waals surface area (Å²) in [6.07, 6.45) is -3.38. The number of aliphatic hydroxyl groups is 1. The van der Waals surface area contributed by atoms with Gasteiger partial charge in [0.25, 0.3) is 5.91 Å². The highest BCUT2D eigenvalue weighted by molar-refractivity contribution is 6.06. The van der Waals surface area contributed by atoms with Gasteiger partial charge < -0.3 is 20.5 Å². The third-order valence-corrected chi connectivity index (χ3v) is 2.69. The first kappa shape index (κ1) is 19.5. The molecule has 0 aliphatic carbocycles. The molecule has 0 aromatic heterocycles. The monoisotopic (exact) mass is 343 g/mol. The first-order chi connectivity index (χ1) is 11.4. The highest BCUT2D eigenvalue weighted by atomic mass is 19.4. The molecule has 0 unspecified atom stereocenters. The number of carbonyl (C=O) groups is 1. The van der Waals surface area contributed by atoms with Crippen LogP contribution in [0.2, 0.25) is 0 Å². The molecule has 6 nitrogen and oxygen atoms in total. The molecule has 0 saturated heterocycles. The maximum Gasteiger partial charge on any atom is 0.416 e. The number of rotatable bonds is 8. The van der Waals surface area contributed by atoms with Crippen LogP contribution in [-0.2, 0) is 15.7 Å².